The van der Waals surface area contributed by atoms with Crippen molar-refractivity contribution in [3.8, 4) is 0 Å². The molecule has 0 atom stereocenters. The van der Waals surface area contributed by atoms with Gasteiger partial charge in [0, 0.05) is 6.54 Å². The third-order valence-electron chi connectivity index (χ3n) is 2.90. The molecule has 2 amide bonds. The summed E-state index contributed by atoms with van der Waals surface area (Å²) in [6, 6.07) is 14.1. The van der Waals surface area contributed by atoms with Crippen LogP contribution in [0.2, 0.25) is 5.02 Å². The molecule has 0 aromatic heterocycles. The van der Waals surface area contributed by atoms with Gasteiger partial charge in [-0.05, 0) is 31.2 Å². The van der Waals surface area contributed by atoms with Gasteiger partial charge in [0.15, 0.2) is 0 Å². The predicted octanol–water partition coefficient (Wildman–Crippen LogP) is 3.98. The van der Waals surface area contributed by atoms with Crippen molar-refractivity contribution in [2.45, 2.75) is 6.92 Å². The average molecular weight is 290 g/mol. The summed E-state index contributed by atoms with van der Waals surface area (Å²) in [5.74, 6) is 0. The number of benzene rings is 2. The second kappa shape index (κ2) is 6.30. The fourth-order valence-corrected chi connectivity index (χ4v) is 2.08. The monoisotopic (exact) mass is 289 g/mol. The van der Waals surface area contributed by atoms with Crippen LogP contribution in [0.25, 0.3) is 0 Å². The van der Waals surface area contributed by atoms with Crippen LogP contribution in [0.4, 0.5) is 21.9 Å². The minimum Gasteiger partial charge on any atom is -0.397 e. The van der Waals surface area contributed by atoms with Gasteiger partial charge in [-0.3, -0.25) is 4.90 Å². The molecular weight excluding hydrogens is 274 g/mol. The smallest absolute Gasteiger partial charge is 0.326 e. The molecule has 0 bridgehead atoms. The number of amides is 2. The van der Waals surface area contributed by atoms with Crippen molar-refractivity contribution in [1.82, 2.24) is 0 Å². The molecule has 3 N–H and O–H groups in total. The van der Waals surface area contributed by atoms with Crippen LogP contribution < -0.4 is 16.0 Å². The molecule has 104 valence electrons. The second-order valence-corrected chi connectivity index (χ2v) is 4.62. The first-order chi connectivity index (χ1) is 9.63. The number of rotatable bonds is 3. The summed E-state index contributed by atoms with van der Waals surface area (Å²) in [6.45, 7) is 2.39. The molecule has 0 spiro atoms. The highest BCUT2D eigenvalue weighted by atomic mass is 35.5. The number of nitrogens with one attached hydrogen (secondary N) is 1. The van der Waals surface area contributed by atoms with Gasteiger partial charge in [-0.25, -0.2) is 4.79 Å². The van der Waals surface area contributed by atoms with E-state index >= 15 is 0 Å². The Labute approximate surface area is 123 Å². The maximum absolute atomic E-state index is 12.3. The maximum atomic E-state index is 12.3. The normalized spacial score (nSPS) is 10.1. The van der Waals surface area contributed by atoms with Crippen LogP contribution in [0, 0.1) is 0 Å². The van der Waals surface area contributed by atoms with Gasteiger partial charge in [0.05, 0.1) is 22.1 Å². The Bertz CT molecular complexity index is 616. The van der Waals surface area contributed by atoms with Gasteiger partial charge >= 0.3 is 6.03 Å². The molecule has 5 heteroatoms. The van der Waals surface area contributed by atoms with Crippen LogP contribution in [-0.2, 0) is 0 Å². The van der Waals surface area contributed by atoms with Crippen molar-refractivity contribution in [3.05, 3.63) is 53.6 Å². The van der Waals surface area contributed by atoms with Crippen molar-refractivity contribution in [2.24, 2.45) is 0 Å². The number of para-hydroxylation sites is 3. The Hall–Kier alpha value is -2.20. The summed E-state index contributed by atoms with van der Waals surface area (Å²) in [5.41, 5.74) is 7.73. The Morgan fingerprint density at radius 3 is 2.50 bits per heavy atom. The number of nitrogens with two attached hydrogens (primary N) is 1. The third-order valence-corrected chi connectivity index (χ3v) is 3.23. The van der Waals surface area contributed by atoms with Crippen LogP contribution in [-0.4, -0.2) is 12.6 Å². The summed E-state index contributed by atoms with van der Waals surface area (Å²) in [7, 11) is 0. The van der Waals surface area contributed by atoms with Crippen LogP contribution >= 0.6 is 11.6 Å². The number of nitrogens with zero attached hydrogens (tertiary/aromatic N) is 1. The van der Waals surface area contributed by atoms with Gasteiger partial charge in [-0.15, -0.1) is 0 Å². The quantitative estimate of drug-likeness (QED) is 0.840. The molecule has 2 aromatic carbocycles. The summed E-state index contributed by atoms with van der Waals surface area (Å²) >= 11 is 6.04. The number of carbonyl (C=O) groups excluding carboxylic acids is 1. The van der Waals surface area contributed by atoms with E-state index in [0.717, 1.165) is 0 Å². The standard InChI is InChI=1S/C15H16ClN3O/c1-2-19(14-10-6-4-8-12(14)17)15(20)18-13-9-5-3-7-11(13)16/h3-10H,2,17H2,1H3,(H,18,20). The number of hydrogen-bond acceptors (Lipinski definition) is 2. The zero-order valence-corrected chi connectivity index (χ0v) is 11.9. The highest BCUT2D eigenvalue weighted by molar-refractivity contribution is 6.33. The molecule has 0 radical (unpaired) electrons. The van der Waals surface area contributed by atoms with Gasteiger partial charge in [-0.1, -0.05) is 35.9 Å². The first-order valence-electron chi connectivity index (χ1n) is 6.31. The molecule has 2 rings (SSSR count). The van der Waals surface area contributed by atoms with Crippen LogP contribution in [0.15, 0.2) is 48.5 Å². The molecule has 0 saturated heterocycles. The van der Waals surface area contributed by atoms with Gasteiger partial charge < -0.3 is 11.1 Å². The highest BCUT2D eigenvalue weighted by Crippen LogP contribution is 2.25. The Morgan fingerprint density at radius 1 is 1.20 bits per heavy atom. The van der Waals surface area contributed by atoms with Gasteiger partial charge in [0.1, 0.15) is 0 Å². The lowest BCUT2D eigenvalue weighted by Crippen LogP contribution is -2.35. The summed E-state index contributed by atoms with van der Waals surface area (Å²) < 4.78 is 0. The predicted molar refractivity (Wildman–Crippen MR) is 84.3 cm³/mol. The van der Waals surface area contributed by atoms with E-state index < -0.39 is 0 Å². The summed E-state index contributed by atoms with van der Waals surface area (Å²) in [6.07, 6.45) is 0. The largest absolute Gasteiger partial charge is 0.397 e. The molecule has 0 unspecified atom stereocenters. The first kappa shape index (κ1) is 14.2. The molecular formula is C15H16ClN3O. The number of nitrogen functional groups attached to an aromatic ring is 1. The number of urea groups is 1. The summed E-state index contributed by atoms with van der Waals surface area (Å²) in [5, 5.41) is 3.28. The van der Waals surface area contributed by atoms with E-state index in [0.29, 0.717) is 28.6 Å². The van der Waals surface area contributed by atoms with Crippen molar-refractivity contribution in [3.63, 3.8) is 0 Å². The maximum Gasteiger partial charge on any atom is 0.326 e. The lowest BCUT2D eigenvalue weighted by Gasteiger charge is -2.23. The van der Waals surface area contributed by atoms with Crippen LogP contribution in [0.1, 0.15) is 6.92 Å². The Kier molecular flexibility index (Phi) is 4.48. The van der Waals surface area contributed by atoms with E-state index in [4.69, 9.17) is 17.3 Å². The molecule has 4 nitrogen and oxygen atoms in total. The molecule has 0 saturated carbocycles. The number of anilines is 3. The van der Waals surface area contributed by atoms with E-state index in [1.54, 1.807) is 23.1 Å². The van der Waals surface area contributed by atoms with E-state index in [1.165, 1.54) is 0 Å². The summed E-state index contributed by atoms with van der Waals surface area (Å²) in [4.78, 5) is 13.9. The van der Waals surface area contributed by atoms with Crippen molar-refractivity contribution in [1.29, 1.82) is 0 Å². The minimum absolute atomic E-state index is 0.265. The average Bonchev–Trinajstić information content (AvgIpc) is 2.44. The second-order valence-electron chi connectivity index (χ2n) is 4.21. The van der Waals surface area contributed by atoms with Crippen molar-refractivity contribution in [2.75, 3.05) is 22.5 Å². The number of carbonyl (C=O) groups is 1. The molecule has 0 aliphatic carbocycles. The SMILES string of the molecule is CCN(C(=O)Nc1ccccc1Cl)c1ccccc1N. The number of halogens is 1. The van der Waals surface area contributed by atoms with Gasteiger partial charge in [0.25, 0.3) is 0 Å². The number of hydrogen-bond donors (Lipinski definition) is 2. The van der Waals surface area contributed by atoms with Crippen molar-refractivity contribution >= 4 is 34.7 Å². The molecule has 0 aliphatic rings. The molecule has 0 heterocycles. The molecule has 0 fully saturated rings. The van der Waals surface area contributed by atoms with Crippen molar-refractivity contribution < 1.29 is 4.79 Å². The zero-order chi connectivity index (χ0) is 14.5. The molecule has 20 heavy (non-hydrogen) atoms. The zero-order valence-electron chi connectivity index (χ0n) is 11.1. The van der Waals surface area contributed by atoms with E-state index in [1.807, 2.05) is 37.3 Å². The first-order valence-corrected chi connectivity index (χ1v) is 6.68. The fraction of sp³-hybridized carbons (Fsp3) is 0.133. The van der Waals surface area contributed by atoms with E-state index in [9.17, 15) is 4.79 Å². The van der Waals surface area contributed by atoms with Crippen LogP contribution in [0.5, 0.6) is 0 Å². The highest BCUT2D eigenvalue weighted by Gasteiger charge is 2.16. The third kappa shape index (κ3) is 3.03. The topological polar surface area (TPSA) is 58.4 Å². The molecule has 0 aliphatic heterocycles. The minimum atomic E-state index is -0.265. The fourth-order valence-electron chi connectivity index (χ4n) is 1.90. The lowest BCUT2D eigenvalue weighted by molar-refractivity contribution is 0.257. The Balaban J connectivity index is 2.23. The van der Waals surface area contributed by atoms with E-state index in [-0.39, 0.29) is 6.03 Å². The van der Waals surface area contributed by atoms with Gasteiger partial charge in [-0.2, -0.15) is 0 Å². The van der Waals surface area contributed by atoms with E-state index in [2.05, 4.69) is 5.32 Å². The lowest BCUT2D eigenvalue weighted by atomic mass is 10.2. The van der Waals surface area contributed by atoms with Gasteiger partial charge in [0.2, 0.25) is 0 Å². The van der Waals surface area contributed by atoms with Crippen LogP contribution in [0.3, 0.4) is 0 Å². The Morgan fingerprint density at radius 2 is 1.85 bits per heavy atom. The molecule has 2 aromatic rings.